The molecule has 1 nitrogen and oxygen atoms in total. The summed E-state index contributed by atoms with van der Waals surface area (Å²) >= 11 is 0. The van der Waals surface area contributed by atoms with E-state index in [0.29, 0.717) is 6.61 Å². The Morgan fingerprint density at radius 1 is 0.941 bits per heavy atom. The first-order valence-electron chi connectivity index (χ1n) is 6.34. The average Bonchev–Trinajstić information content (AvgIpc) is 2.38. The number of hydrogen-bond donors (Lipinski definition) is 1. The van der Waals surface area contributed by atoms with Gasteiger partial charge in [-0.05, 0) is 0 Å². The molecule has 1 aromatic carbocycles. The first-order valence-corrected chi connectivity index (χ1v) is 9.31. The average molecular weight is 321 g/mol. The van der Waals surface area contributed by atoms with E-state index in [1.165, 1.54) is 23.8 Å². The topological polar surface area (TPSA) is 20.2 Å². The quantitative estimate of drug-likeness (QED) is 0.795. The molecule has 0 unspecified atom stereocenters. The van der Waals surface area contributed by atoms with E-state index in [1.807, 2.05) is 0 Å². The fraction of sp³-hybridized carbons (Fsp3) is 0.571. The molecule has 0 aliphatic rings. The van der Waals surface area contributed by atoms with Gasteiger partial charge in [0.1, 0.15) is 0 Å². The predicted octanol–water partition coefficient (Wildman–Crippen LogP) is 3.50. The molecule has 0 radical (unpaired) electrons. The molecule has 0 spiro atoms. The second kappa shape index (κ2) is 6.87. The standard InChI is InChI=1S/C14H25OP.BrH/c1-4-16(5-2,6-3,13-12-15)14-10-8-7-9-11-14;/h7-11,15H,4-6,12-13H2,1-3H3;1H. The fourth-order valence-corrected chi connectivity index (χ4v) is 8.12. The van der Waals surface area contributed by atoms with Gasteiger partial charge in [-0.25, -0.2) is 0 Å². The van der Waals surface area contributed by atoms with Crippen molar-refractivity contribution in [2.75, 3.05) is 31.3 Å². The fourth-order valence-electron chi connectivity index (χ4n) is 2.93. The van der Waals surface area contributed by atoms with Crippen LogP contribution in [0.5, 0.6) is 0 Å². The SMILES string of the molecule is Br.CCP(CC)(CC)(CCO)c1ccccc1. The van der Waals surface area contributed by atoms with E-state index in [9.17, 15) is 5.11 Å². The van der Waals surface area contributed by atoms with E-state index in [-0.39, 0.29) is 17.0 Å². The molecule has 0 aromatic heterocycles. The molecule has 17 heavy (non-hydrogen) atoms. The summed E-state index contributed by atoms with van der Waals surface area (Å²) in [7, 11) is 0. The molecule has 3 heteroatoms. The summed E-state index contributed by atoms with van der Waals surface area (Å²) in [6.07, 6.45) is 4.62. The first-order chi connectivity index (χ1) is 7.67. The molecule has 1 rings (SSSR count). The molecule has 0 saturated carbocycles. The summed E-state index contributed by atoms with van der Waals surface area (Å²) < 4.78 is 0. The summed E-state index contributed by atoms with van der Waals surface area (Å²) in [5, 5.41) is 11.0. The zero-order chi connectivity index (χ0) is 12.1. The van der Waals surface area contributed by atoms with Crippen LogP contribution in [0.4, 0.5) is 0 Å². The Morgan fingerprint density at radius 3 is 1.76 bits per heavy atom. The van der Waals surface area contributed by atoms with Crippen LogP contribution < -0.4 is 5.30 Å². The Balaban J connectivity index is 0.00000256. The molecule has 0 aliphatic carbocycles. The van der Waals surface area contributed by atoms with Crippen molar-refractivity contribution in [3.63, 3.8) is 0 Å². The Labute approximate surface area is 116 Å². The maximum absolute atomic E-state index is 9.45. The van der Waals surface area contributed by atoms with Crippen molar-refractivity contribution in [2.45, 2.75) is 20.8 Å². The van der Waals surface area contributed by atoms with Crippen molar-refractivity contribution >= 4 is 28.9 Å². The van der Waals surface area contributed by atoms with Gasteiger partial charge in [0, 0.05) is 0 Å². The van der Waals surface area contributed by atoms with Crippen LogP contribution in [-0.2, 0) is 0 Å². The molecule has 0 heterocycles. The molecule has 1 N–H and O–H groups in total. The van der Waals surface area contributed by atoms with Gasteiger partial charge in [0.2, 0.25) is 0 Å². The van der Waals surface area contributed by atoms with Crippen LogP contribution in [0.15, 0.2) is 30.3 Å². The van der Waals surface area contributed by atoms with Crippen molar-refractivity contribution in [1.82, 2.24) is 0 Å². The minimum atomic E-state index is -1.87. The van der Waals surface area contributed by atoms with Gasteiger partial charge >= 0.3 is 99.4 Å². The van der Waals surface area contributed by atoms with Gasteiger partial charge in [-0.2, -0.15) is 0 Å². The molecule has 0 atom stereocenters. The number of aliphatic hydroxyl groups excluding tert-OH is 1. The first kappa shape index (κ1) is 17.1. The third-order valence-electron chi connectivity index (χ3n) is 4.66. The van der Waals surface area contributed by atoms with Gasteiger partial charge in [-0.15, -0.1) is 17.0 Å². The van der Waals surface area contributed by atoms with Crippen molar-refractivity contribution in [2.24, 2.45) is 0 Å². The molecule has 1 aromatic rings. The number of rotatable bonds is 6. The number of halogens is 1. The van der Waals surface area contributed by atoms with E-state index in [2.05, 4.69) is 51.1 Å². The van der Waals surface area contributed by atoms with Crippen molar-refractivity contribution in [3.05, 3.63) is 30.3 Å². The molecular weight excluding hydrogens is 295 g/mol. The molecule has 0 aliphatic heterocycles. The van der Waals surface area contributed by atoms with Crippen LogP contribution in [0.25, 0.3) is 0 Å². The number of aliphatic hydroxyl groups is 1. The van der Waals surface area contributed by atoms with Gasteiger partial charge < -0.3 is 0 Å². The van der Waals surface area contributed by atoms with E-state index in [0.717, 1.165) is 6.16 Å². The third kappa shape index (κ3) is 2.92. The summed E-state index contributed by atoms with van der Waals surface area (Å²) in [6, 6.07) is 10.9. The van der Waals surface area contributed by atoms with Gasteiger partial charge in [0.15, 0.2) is 0 Å². The summed E-state index contributed by atoms with van der Waals surface area (Å²) in [5.41, 5.74) is 0. The summed E-state index contributed by atoms with van der Waals surface area (Å²) in [4.78, 5) is 0. The second-order valence-corrected chi connectivity index (χ2v) is 11.5. The van der Waals surface area contributed by atoms with Crippen molar-refractivity contribution < 1.29 is 5.11 Å². The number of benzene rings is 1. The van der Waals surface area contributed by atoms with Crippen LogP contribution in [0.2, 0.25) is 0 Å². The molecule has 0 saturated heterocycles. The zero-order valence-corrected chi connectivity index (χ0v) is 13.8. The van der Waals surface area contributed by atoms with E-state index < -0.39 is 6.60 Å². The van der Waals surface area contributed by atoms with Crippen molar-refractivity contribution in [3.8, 4) is 0 Å². The van der Waals surface area contributed by atoms with Gasteiger partial charge in [0.25, 0.3) is 0 Å². The maximum atomic E-state index is 9.45. The third-order valence-corrected chi connectivity index (χ3v) is 12.8. The zero-order valence-electron chi connectivity index (χ0n) is 11.2. The summed E-state index contributed by atoms with van der Waals surface area (Å²) in [6.45, 7) is 5.35. The molecule has 0 bridgehead atoms. The van der Waals surface area contributed by atoms with Gasteiger partial charge in [0.05, 0.1) is 0 Å². The van der Waals surface area contributed by atoms with Crippen LogP contribution in [0, 0.1) is 0 Å². The Kier molecular flexibility index (Phi) is 6.91. The van der Waals surface area contributed by atoms with Gasteiger partial charge in [-0.1, -0.05) is 0 Å². The van der Waals surface area contributed by atoms with E-state index in [4.69, 9.17) is 0 Å². The minimum absolute atomic E-state index is 0. The predicted molar refractivity (Wildman–Crippen MR) is 86.9 cm³/mol. The second-order valence-electron chi connectivity index (χ2n) is 4.71. The van der Waals surface area contributed by atoms with Crippen LogP contribution >= 0.6 is 23.6 Å². The monoisotopic (exact) mass is 320 g/mol. The molecule has 100 valence electrons. The van der Waals surface area contributed by atoms with Gasteiger partial charge in [-0.3, -0.25) is 0 Å². The molecule has 0 amide bonds. The van der Waals surface area contributed by atoms with E-state index in [1.54, 1.807) is 0 Å². The van der Waals surface area contributed by atoms with Crippen LogP contribution in [0.3, 0.4) is 0 Å². The van der Waals surface area contributed by atoms with Crippen LogP contribution in [-0.4, -0.2) is 36.4 Å². The molecule has 0 fully saturated rings. The normalized spacial score (nSPS) is 13.5. The van der Waals surface area contributed by atoms with Crippen LogP contribution in [0.1, 0.15) is 20.8 Å². The molecular formula is C14H26BrOP. The number of hydrogen-bond acceptors (Lipinski definition) is 1. The Hall–Kier alpha value is 0.0900. The van der Waals surface area contributed by atoms with Crippen molar-refractivity contribution in [1.29, 1.82) is 0 Å². The van der Waals surface area contributed by atoms with E-state index >= 15 is 0 Å². The Morgan fingerprint density at radius 2 is 1.41 bits per heavy atom. The Bertz CT molecular complexity index is 311. The summed E-state index contributed by atoms with van der Waals surface area (Å²) in [5.74, 6) is 0.